The van der Waals surface area contributed by atoms with E-state index < -0.39 is 11.9 Å². The number of amides is 3. The number of carbonyl (C=O) groups excluding carboxylic acids is 3. The number of nitrogens with one attached hydrogen (secondary N) is 1. The molecule has 8 nitrogen and oxygen atoms in total. The number of hydrogen-bond acceptors (Lipinski definition) is 6. The average molecular weight is 415 g/mol. The summed E-state index contributed by atoms with van der Waals surface area (Å²) in [4.78, 5) is 40.3. The van der Waals surface area contributed by atoms with Crippen LogP contribution in [0, 0.1) is 0 Å². The zero-order valence-electron chi connectivity index (χ0n) is 17.8. The molecule has 2 atom stereocenters. The van der Waals surface area contributed by atoms with Crippen LogP contribution in [0.2, 0.25) is 0 Å². The molecule has 1 aromatic rings. The summed E-state index contributed by atoms with van der Waals surface area (Å²) in [5.41, 5.74) is 1.28. The van der Waals surface area contributed by atoms with E-state index in [9.17, 15) is 14.4 Å². The second kappa shape index (κ2) is 8.00. The van der Waals surface area contributed by atoms with Crippen LogP contribution in [0.1, 0.15) is 49.5 Å². The molecule has 1 N–H and O–H groups in total. The summed E-state index contributed by atoms with van der Waals surface area (Å²) in [6, 6.07) is 5.01. The fourth-order valence-electron chi connectivity index (χ4n) is 4.45. The molecule has 0 aromatic heterocycles. The number of nitrogens with zero attached hydrogens (tertiary/aromatic N) is 2. The molecule has 3 heterocycles. The third-order valence-electron chi connectivity index (χ3n) is 6.11. The predicted molar refractivity (Wildman–Crippen MR) is 109 cm³/mol. The number of fused-ring (bicyclic) bond motifs is 1. The van der Waals surface area contributed by atoms with Crippen molar-refractivity contribution in [2.24, 2.45) is 0 Å². The quantitative estimate of drug-likeness (QED) is 0.730. The smallest absolute Gasteiger partial charge is 0.255 e. The molecule has 3 aliphatic heterocycles. The van der Waals surface area contributed by atoms with Gasteiger partial charge < -0.3 is 14.4 Å². The van der Waals surface area contributed by atoms with E-state index in [0.717, 1.165) is 18.7 Å². The first-order chi connectivity index (χ1) is 14.3. The van der Waals surface area contributed by atoms with Crippen molar-refractivity contribution in [1.29, 1.82) is 0 Å². The predicted octanol–water partition coefficient (Wildman–Crippen LogP) is 1.33. The monoisotopic (exact) mass is 415 g/mol. The van der Waals surface area contributed by atoms with Gasteiger partial charge in [-0.2, -0.15) is 0 Å². The largest absolute Gasteiger partial charge is 0.492 e. The van der Waals surface area contributed by atoms with Crippen molar-refractivity contribution < 1.29 is 23.9 Å². The van der Waals surface area contributed by atoms with E-state index >= 15 is 0 Å². The first-order valence-corrected chi connectivity index (χ1v) is 10.6. The Kier molecular flexibility index (Phi) is 5.55. The molecule has 4 rings (SSSR count). The summed E-state index contributed by atoms with van der Waals surface area (Å²) in [7, 11) is 0. The van der Waals surface area contributed by atoms with Crippen LogP contribution in [-0.2, 0) is 20.9 Å². The lowest BCUT2D eigenvalue weighted by Crippen LogP contribution is -2.55. The van der Waals surface area contributed by atoms with Crippen molar-refractivity contribution in [3.8, 4) is 5.75 Å². The molecule has 0 radical (unpaired) electrons. The molecule has 8 heteroatoms. The van der Waals surface area contributed by atoms with Crippen molar-refractivity contribution >= 4 is 17.7 Å². The Morgan fingerprint density at radius 3 is 2.80 bits per heavy atom. The maximum Gasteiger partial charge on any atom is 0.255 e. The number of benzene rings is 1. The van der Waals surface area contributed by atoms with Crippen molar-refractivity contribution in [3.05, 3.63) is 29.3 Å². The van der Waals surface area contributed by atoms with Gasteiger partial charge in [0.1, 0.15) is 18.4 Å². The highest BCUT2D eigenvalue weighted by Crippen LogP contribution is 2.30. The van der Waals surface area contributed by atoms with E-state index in [4.69, 9.17) is 9.47 Å². The normalized spacial score (nSPS) is 26.5. The lowest BCUT2D eigenvalue weighted by Gasteiger charge is -2.43. The second-order valence-corrected chi connectivity index (χ2v) is 8.82. The van der Waals surface area contributed by atoms with Crippen LogP contribution in [0.15, 0.2) is 18.2 Å². The van der Waals surface area contributed by atoms with Crippen molar-refractivity contribution in [1.82, 2.24) is 15.1 Å². The number of rotatable bonds is 5. The lowest BCUT2D eigenvalue weighted by atomic mass is 10.0. The summed E-state index contributed by atoms with van der Waals surface area (Å²) in [6.45, 7) is 9.59. The van der Waals surface area contributed by atoms with E-state index in [1.807, 2.05) is 6.07 Å². The third kappa shape index (κ3) is 4.06. The van der Waals surface area contributed by atoms with Crippen LogP contribution in [0.25, 0.3) is 0 Å². The number of carbonyl (C=O) groups is 3. The molecule has 0 saturated carbocycles. The second-order valence-electron chi connectivity index (χ2n) is 8.82. The molecule has 3 amide bonds. The van der Waals surface area contributed by atoms with E-state index in [1.54, 1.807) is 17.0 Å². The van der Waals surface area contributed by atoms with E-state index in [-0.39, 0.29) is 29.9 Å². The molecule has 3 aliphatic rings. The average Bonchev–Trinajstić information content (AvgIpc) is 3.02. The number of morpholine rings is 1. The Bertz CT molecular complexity index is 868. The van der Waals surface area contributed by atoms with Crippen LogP contribution in [-0.4, -0.2) is 71.5 Å². The molecule has 1 aromatic carbocycles. The molecule has 0 spiro atoms. The number of piperidine rings is 1. The number of imide groups is 1. The minimum atomic E-state index is -0.604. The van der Waals surface area contributed by atoms with Crippen LogP contribution >= 0.6 is 0 Å². The Morgan fingerprint density at radius 1 is 1.27 bits per heavy atom. The molecule has 2 fully saturated rings. The highest BCUT2D eigenvalue weighted by Gasteiger charge is 2.39. The summed E-state index contributed by atoms with van der Waals surface area (Å²) in [6.07, 6.45) is 0.609. The molecule has 162 valence electrons. The zero-order chi connectivity index (χ0) is 21.5. The molecule has 0 aliphatic carbocycles. The summed E-state index contributed by atoms with van der Waals surface area (Å²) >= 11 is 0. The topological polar surface area (TPSA) is 88.2 Å². The first-order valence-electron chi connectivity index (χ1n) is 10.6. The number of hydrogen-bond donors (Lipinski definition) is 1. The summed E-state index contributed by atoms with van der Waals surface area (Å²) < 4.78 is 12.0. The highest BCUT2D eigenvalue weighted by atomic mass is 16.5. The standard InChI is InChI=1S/C22H29N3O5/c1-4-24-13-22(2,3)30-12-15(24)11-29-16-5-6-17-14(9-16)10-25(21(17)28)18-7-8-19(26)23-20(18)27/h5-6,9,15,18H,4,7-8,10-13H2,1-3H3,(H,23,26,27)/t15-,18?/m0/s1. The van der Waals surface area contributed by atoms with E-state index in [2.05, 4.69) is 31.0 Å². The van der Waals surface area contributed by atoms with Gasteiger partial charge in [-0.05, 0) is 50.6 Å². The van der Waals surface area contributed by atoms with E-state index in [1.165, 1.54) is 0 Å². The van der Waals surface area contributed by atoms with Gasteiger partial charge in [-0.1, -0.05) is 6.92 Å². The lowest BCUT2D eigenvalue weighted by molar-refractivity contribution is -0.136. The van der Waals surface area contributed by atoms with Gasteiger partial charge in [0.25, 0.3) is 5.91 Å². The van der Waals surface area contributed by atoms with Gasteiger partial charge >= 0.3 is 0 Å². The number of likely N-dealkylation sites (N-methyl/N-ethyl adjacent to an activating group) is 1. The fourth-order valence-corrected chi connectivity index (χ4v) is 4.45. The molecular formula is C22H29N3O5. The van der Waals surface area contributed by atoms with Crippen molar-refractivity contribution in [2.45, 2.75) is 57.8 Å². The number of ether oxygens (including phenoxy) is 2. The van der Waals surface area contributed by atoms with Crippen LogP contribution in [0.4, 0.5) is 0 Å². The SMILES string of the molecule is CCN1CC(C)(C)OC[C@@H]1COc1ccc2c(c1)CN(C1CCC(=O)NC1=O)C2=O. The van der Waals surface area contributed by atoms with Gasteiger partial charge in [0, 0.05) is 25.1 Å². The highest BCUT2D eigenvalue weighted by molar-refractivity contribution is 6.05. The fraction of sp³-hybridized carbons (Fsp3) is 0.591. The molecule has 2 saturated heterocycles. The molecule has 1 unspecified atom stereocenters. The maximum atomic E-state index is 12.8. The van der Waals surface area contributed by atoms with Gasteiger partial charge in [0.15, 0.2) is 0 Å². The Morgan fingerprint density at radius 2 is 2.07 bits per heavy atom. The maximum absolute atomic E-state index is 12.8. The van der Waals surface area contributed by atoms with Gasteiger partial charge in [0.2, 0.25) is 11.8 Å². The third-order valence-corrected chi connectivity index (χ3v) is 6.11. The van der Waals surface area contributed by atoms with Crippen LogP contribution in [0.3, 0.4) is 0 Å². The minimum absolute atomic E-state index is 0.153. The van der Waals surface area contributed by atoms with Crippen LogP contribution in [0.5, 0.6) is 5.75 Å². The Labute approximate surface area is 176 Å². The van der Waals surface area contributed by atoms with Gasteiger partial charge in [-0.25, -0.2) is 0 Å². The Balaban J connectivity index is 1.41. The molecule has 0 bridgehead atoms. The van der Waals surface area contributed by atoms with Gasteiger partial charge in [-0.15, -0.1) is 0 Å². The molecule has 30 heavy (non-hydrogen) atoms. The van der Waals surface area contributed by atoms with E-state index in [0.29, 0.717) is 37.5 Å². The van der Waals surface area contributed by atoms with Gasteiger partial charge in [0.05, 0.1) is 18.2 Å². The minimum Gasteiger partial charge on any atom is -0.492 e. The van der Waals surface area contributed by atoms with Crippen molar-refractivity contribution in [2.75, 3.05) is 26.3 Å². The first kappa shape index (κ1) is 20.8. The van der Waals surface area contributed by atoms with Gasteiger partial charge in [-0.3, -0.25) is 24.6 Å². The molecular weight excluding hydrogens is 386 g/mol. The summed E-state index contributed by atoms with van der Waals surface area (Å²) in [5.74, 6) is -0.158. The zero-order valence-corrected chi connectivity index (χ0v) is 17.8. The summed E-state index contributed by atoms with van der Waals surface area (Å²) in [5, 5.41) is 2.32. The Hall–Kier alpha value is -2.45. The van der Waals surface area contributed by atoms with Crippen molar-refractivity contribution in [3.63, 3.8) is 0 Å². The van der Waals surface area contributed by atoms with Crippen LogP contribution < -0.4 is 10.1 Å².